The van der Waals surface area contributed by atoms with Crippen LogP contribution in [0.25, 0.3) is 0 Å². The highest BCUT2D eigenvalue weighted by molar-refractivity contribution is 5.78. The third kappa shape index (κ3) is 4.01. The summed E-state index contributed by atoms with van der Waals surface area (Å²) in [5, 5.41) is 3.48. The molecule has 0 aliphatic carbocycles. The normalized spacial score (nSPS) is 15.7. The van der Waals surface area contributed by atoms with Gasteiger partial charge in [-0.2, -0.15) is 0 Å². The molecule has 1 aliphatic heterocycles. The summed E-state index contributed by atoms with van der Waals surface area (Å²) in [5.41, 5.74) is 6.36. The fourth-order valence-corrected chi connectivity index (χ4v) is 2.53. The van der Waals surface area contributed by atoms with Crippen molar-refractivity contribution in [3.8, 4) is 11.5 Å². The molecule has 2 rings (SSSR count). The number of nitrogens with one attached hydrogen (secondary N) is 1. The van der Waals surface area contributed by atoms with Gasteiger partial charge in [-0.05, 0) is 12.8 Å². The largest absolute Gasteiger partial charge is 0.497 e. The van der Waals surface area contributed by atoms with E-state index in [4.69, 9.17) is 15.2 Å². The van der Waals surface area contributed by atoms with Gasteiger partial charge < -0.3 is 25.4 Å². The van der Waals surface area contributed by atoms with Gasteiger partial charge in [0.1, 0.15) is 11.5 Å². The van der Waals surface area contributed by atoms with E-state index in [0.717, 1.165) is 43.1 Å². The van der Waals surface area contributed by atoms with Crippen LogP contribution < -0.4 is 20.5 Å². The number of carbonyl (C=O) groups is 1. The molecule has 1 amide bonds. The van der Waals surface area contributed by atoms with Crippen LogP contribution in [0.2, 0.25) is 0 Å². The molecule has 0 atom stereocenters. The van der Waals surface area contributed by atoms with Crippen molar-refractivity contribution in [2.75, 3.05) is 39.2 Å². The number of likely N-dealkylation sites (tertiary alicyclic amines) is 1. The van der Waals surface area contributed by atoms with E-state index in [0.29, 0.717) is 6.04 Å². The van der Waals surface area contributed by atoms with Gasteiger partial charge in [0.15, 0.2) is 0 Å². The second-order valence-corrected chi connectivity index (χ2v) is 5.10. The Morgan fingerprint density at radius 1 is 1.24 bits per heavy atom. The van der Waals surface area contributed by atoms with Gasteiger partial charge in [-0.3, -0.25) is 4.79 Å². The van der Waals surface area contributed by atoms with Gasteiger partial charge in [-0.1, -0.05) is 0 Å². The van der Waals surface area contributed by atoms with Gasteiger partial charge in [-0.25, -0.2) is 0 Å². The van der Waals surface area contributed by atoms with Crippen molar-refractivity contribution < 1.29 is 14.3 Å². The van der Waals surface area contributed by atoms with Crippen molar-refractivity contribution >= 4 is 11.6 Å². The van der Waals surface area contributed by atoms with Gasteiger partial charge in [0.25, 0.3) is 0 Å². The lowest BCUT2D eigenvalue weighted by Crippen LogP contribution is -2.44. The average molecular weight is 293 g/mol. The SMILES string of the molecule is COc1cc(NC2CCN(C(=O)CN)CC2)cc(OC)c1. The highest BCUT2D eigenvalue weighted by Gasteiger charge is 2.22. The minimum Gasteiger partial charge on any atom is -0.497 e. The average Bonchev–Trinajstić information content (AvgIpc) is 2.54. The molecule has 0 bridgehead atoms. The Morgan fingerprint density at radius 2 is 1.81 bits per heavy atom. The number of carbonyl (C=O) groups excluding carboxylic acids is 1. The van der Waals surface area contributed by atoms with Crippen LogP contribution in [-0.2, 0) is 4.79 Å². The number of nitrogens with two attached hydrogens (primary N) is 1. The zero-order valence-corrected chi connectivity index (χ0v) is 12.6. The number of methoxy groups -OCH3 is 2. The smallest absolute Gasteiger partial charge is 0.236 e. The molecule has 1 aromatic carbocycles. The second-order valence-electron chi connectivity index (χ2n) is 5.10. The lowest BCUT2D eigenvalue weighted by molar-refractivity contribution is -0.130. The molecule has 1 heterocycles. The van der Waals surface area contributed by atoms with Crippen LogP contribution in [0, 0.1) is 0 Å². The third-order valence-electron chi connectivity index (χ3n) is 3.74. The van der Waals surface area contributed by atoms with E-state index in [9.17, 15) is 4.79 Å². The van der Waals surface area contributed by atoms with Crippen LogP contribution in [0.1, 0.15) is 12.8 Å². The monoisotopic (exact) mass is 293 g/mol. The zero-order valence-electron chi connectivity index (χ0n) is 12.6. The Bertz CT molecular complexity index is 463. The van der Waals surface area contributed by atoms with E-state index in [1.807, 2.05) is 23.1 Å². The van der Waals surface area contributed by atoms with Crippen molar-refractivity contribution in [1.29, 1.82) is 0 Å². The molecule has 6 heteroatoms. The molecule has 1 saturated heterocycles. The Morgan fingerprint density at radius 3 is 2.29 bits per heavy atom. The molecule has 3 N–H and O–H groups in total. The van der Waals surface area contributed by atoms with Gasteiger partial charge >= 0.3 is 0 Å². The second kappa shape index (κ2) is 7.17. The molecule has 21 heavy (non-hydrogen) atoms. The first-order chi connectivity index (χ1) is 10.2. The summed E-state index contributed by atoms with van der Waals surface area (Å²) in [6.07, 6.45) is 1.82. The lowest BCUT2D eigenvalue weighted by atomic mass is 10.0. The van der Waals surface area contributed by atoms with Gasteiger partial charge in [0.2, 0.25) is 5.91 Å². The fraction of sp³-hybridized carbons (Fsp3) is 0.533. The topological polar surface area (TPSA) is 76.8 Å². The molecule has 116 valence electrons. The van der Waals surface area contributed by atoms with Crippen LogP contribution in [-0.4, -0.2) is 50.7 Å². The van der Waals surface area contributed by atoms with E-state index in [1.54, 1.807) is 14.2 Å². The molecule has 6 nitrogen and oxygen atoms in total. The van der Waals surface area contributed by atoms with E-state index in [2.05, 4.69) is 5.32 Å². The van der Waals surface area contributed by atoms with Crippen molar-refractivity contribution in [3.63, 3.8) is 0 Å². The molecule has 0 aromatic heterocycles. The third-order valence-corrected chi connectivity index (χ3v) is 3.74. The number of hydrogen-bond acceptors (Lipinski definition) is 5. The Kier molecular flexibility index (Phi) is 5.27. The van der Waals surface area contributed by atoms with Gasteiger partial charge in [0, 0.05) is 43.0 Å². The molecular formula is C15H23N3O3. The van der Waals surface area contributed by atoms with Crippen molar-refractivity contribution in [1.82, 2.24) is 4.90 Å². The number of rotatable bonds is 5. The number of nitrogens with zero attached hydrogens (tertiary/aromatic N) is 1. The molecule has 0 spiro atoms. The standard InChI is InChI=1S/C15H23N3O3/c1-20-13-7-12(8-14(9-13)21-2)17-11-3-5-18(6-4-11)15(19)10-16/h7-9,11,17H,3-6,10,16H2,1-2H3. The van der Waals surface area contributed by atoms with E-state index >= 15 is 0 Å². The predicted molar refractivity (Wildman–Crippen MR) is 81.8 cm³/mol. The lowest BCUT2D eigenvalue weighted by Gasteiger charge is -2.32. The first-order valence-corrected chi connectivity index (χ1v) is 7.13. The summed E-state index contributed by atoms with van der Waals surface area (Å²) >= 11 is 0. The maximum Gasteiger partial charge on any atom is 0.236 e. The van der Waals surface area contributed by atoms with E-state index in [-0.39, 0.29) is 12.5 Å². The number of piperidine rings is 1. The minimum atomic E-state index is 0.0245. The molecular weight excluding hydrogens is 270 g/mol. The number of benzene rings is 1. The quantitative estimate of drug-likeness (QED) is 0.849. The van der Waals surface area contributed by atoms with Gasteiger partial charge in [0.05, 0.1) is 20.8 Å². The number of hydrogen-bond donors (Lipinski definition) is 2. The van der Waals surface area contributed by atoms with Gasteiger partial charge in [-0.15, -0.1) is 0 Å². The van der Waals surface area contributed by atoms with Crippen molar-refractivity contribution in [2.45, 2.75) is 18.9 Å². The Balaban J connectivity index is 1.95. The molecule has 1 fully saturated rings. The summed E-state index contributed by atoms with van der Waals surface area (Å²) in [6.45, 7) is 1.58. The van der Waals surface area contributed by atoms with Crippen LogP contribution in [0.15, 0.2) is 18.2 Å². The molecule has 0 radical (unpaired) electrons. The molecule has 0 unspecified atom stereocenters. The Hall–Kier alpha value is -1.95. The summed E-state index contributed by atoms with van der Waals surface area (Å²) < 4.78 is 10.5. The van der Waals surface area contributed by atoms with Crippen molar-refractivity contribution in [3.05, 3.63) is 18.2 Å². The van der Waals surface area contributed by atoms with Crippen LogP contribution >= 0.6 is 0 Å². The fourth-order valence-electron chi connectivity index (χ4n) is 2.53. The molecule has 1 aliphatic rings. The first kappa shape index (κ1) is 15.4. The van der Waals surface area contributed by atoms with E-state index in [1.165, 1.54) is 0 Å². The molecule has 1 aromatic rings. The van der Waals surface area contributed by atoms with Crippen LogP contribution in [0.5, 0.6) is 11.5 Å². The number of ether oxygens (including phenoxy) is 2. The summed E-state index contributed by atoms with van der Waals surface area (Å²) in [5.74, 6) is 1.54. The van der Waals surface area contributed by atoms with Crippen LogP contribution in [0.4, 0.5) is 5.69 Å². The minimum absolute atomic E-state index is 0.0245. The highest BCUT2D eigenvalue weighted by Crippen LogP contribution is 2.27. The summed E-state index contributed by atoms with van der Waals surface area (Å²) in [6, 6.07) is 6.07. The molecule has 0 saturated carbocycles. The summed E-state index contributed by atoms with van der Waals surface area (Å²) in [4.78, 5) is 13.4. The first-order valence-electron chi connectivity index (χ1n) is 7.13. The maximum atomic E-state index is 11.5. The summed E-state index contributed by atoms with van der Waals surface area (Å²) in [7, 11) is 3.27. The number of amides is 1. The number of anilines is 1. The Labute approximate surface area is 125 Å². The van der Waals surface area contributed by atoms with Crippen LogP contribution in [0.3, 0.4) is 0 Å². The highest BCUT2D eigenvalue weighted by atomic mass is 16.5. The predicted octanol–water partition coefficient (Wildman–Crippen LogP) is 1.07. The van der Waals surface area contributed by atoms with E-state index < -0.39 is 0 Å². The maximum absolute atomic E-state index is 11.5. The zero-order chi connectivity index (χ0) is 15.2. The van der Waals surface area contributed by atoms with Crippen molar-refractivity contribution in [2.24, 2.45) is 5.73 Å².